The van der Waals surface area contributed by atoms with Crippen LogP contribution in [0.25, 0.3) is 11.1 Å². The number of aromatic hydroxyl groups is 1. The van der Waals surface area contributed by atoms with Gasteiger partial charge < -0.3 is 15.3 Å². The molecule has 0 radical (unpaired) electrons. The summed E-state index contributed by atoms with van der Waals surface area (Å²) in [4.78, 5) is 2.58. The van der Waals surface area contributed by atoms with Crippen LogP contribution in [0.4, 0.5) is 5.69 Å². The fraction of sp³-hybridized carbons (Fsp3) is 0.333. The van der Waals surface area contributed by atoms with E-state index in [0.717, 1.165) is 25.8 Å². The molecule has 0 aromatic heterocycles. The van der Waals surface area contributed by atoms with Crippen LogP contribution < -0.4 is 10.2 Å². The molecule has 3 heteroatoms. The fourth-order valence-corrected chi connectivity index (χ4v) is 6.07. The molecule has 0 saturated carbocycles. The SMILES string of the molecule is Oc1ccc2c(c1)CCCC(c1ccccc1)=C2c1ccc(N2CCCC3(CNC3)C2)cc1. The van der Waals surface area contributed by atoms with E-state index in [1.54, 1.807) is 0 Å². The zero-order valence-electron chi connectivity index (χ0n) is 19.2. The Hall–Kier alpha value is -3.04. The number of nitrogens with zero attached hydrogens (tertiary/aromatic N) is 1. The van der Waals surface area contributed by atoms with E-state index >= 15 is 0 Å². The maximum Gasteiger partial charge on any atom is 0.115 e. The maximum absolute atomic E-state index is 10.1. The van der Waals surface area contributed by atoms with Crippen molar-refractivity contribution in [2.24, 2.45) is 5.41 Å². The lowest BCUT2D eigenvalue weighted by Gasteiger charge is -2.50. The van der Waals surface area contributed by atoms with Gasteiger partial charge in [0.2, 0.25) is 0 Å². The number of rotatable bonds is 3. The molecule has 2 saturated heterocycles. The molecular formula is C30H32N2O. The number of piperidine rings is 1. The first-order valence-corrected chi connectivity index (χ1v) is 12.4. The van der Waals surface area contributed by atoms with Gasteiger partial charge in [0.1, 0.15) is 5.75 Å². The van der Waals surface area contributed by atoms with Crippen molar-refractivity contribution in [2.75, 3.05) is 31.1 Å². The zero-order valence-corrected chi connectivity index (χ0v) is 19.2. The third-order valence-electron chi connectivity index (χ3n) is 7.84. The number of hydrogen-bond acceptors (Lipinski definition) is 3. The van der Waals surface area contributed by atoms with Gasteiger partial charge in [-0.25, -0.2) is 0 Å². The molecule has 2 heterocycles. The summed E-state index contributed by atoms with van der Waals surface area (Å²) in [5.41, 5.74) is 9.62. The molecule has 0 amide bonds. The second kappa shape index (κ2) is 8.39. The fourth-order valence-electron chi connectivity index (χ4n) is 6.07. The third-order valence-corrected chi connectivity index (χ3v) is 7.84. The average molecular weight is 437 g/mol. The van der Waals surface area contributed by atoms with Gasteiger partial charge >= 0.3 is 0 Å². The summed E-state index contributed by atoms with van der Waals surface area (Å²) in [6.45, 7) is 4.65. The van der Waals surface area contributed by atoms with Crippen LogP contribution in [0.15, 0.2) is 72.8 Å². The second-order valence-electron chi connectivity index (χ2n) is 10.1. The van der Waals surface area contributed by atoms with E-state index in [4.69, 9.17) is 0 Å². The first kappa shape index (κ1) is 20.6. The number of phenols is 1. The van der Waals surface area contributed by atoms with Gasteiger partial charge in [0, 0.05) is 37.3 Å². The summed E-state index contributed by atoms with van der Waals surface area (Å²) < 4.78 is 0. The minimum atomic E-state index is 0.358. The summed E-state index contributed by atoms with van der Waals surface area (Å²) in [5.74, 6) is 0.358. The number of fused-ring (bicyclic) bond motifs is 1. The van der Waals surface area contributed by atoms with E-state index in [0.29, 0.717) is 11.2 Å². The van der Waals surface area contributed by atoms with E-state index < -0.39 is 0 Å². The Labute approximate surface area is 196 Å². The van der Waals surface area contributed by atoms with Crippen molar-refractivity contribution in [2.45, 2.75) is 32.1 Å². The maximum atomic E-state index is 10.1. The Bertz CT molecular complexity index is 1180. The Morgan fingerprint density at radius 2 is 1.64 bits per heavy atom. The molecule has 2 N–H and O–H groups in total. The summed E-state index contributed by atoms with van der Waals surface area (Å²) in [6.07, 6.45) is 5.75. The van der Waals surface area contributed by atoms with Gasteiger partial charge in [0.25, 0.3) is 0 Å². The number of aryl methyl sites for hydroxylation is 1. The van der Waals surface area contributed by atoms with Crippen LogP contribution in [0.2, 0.25) is 0 Å². The van der Waals surface area contributed by atoms with Gasteiger partial charge in [0.15, 0.2) is 0 Å². The first-order chi connectivity index (χ1) is 16.2. The highest BCUT2D eigenvalue weighted by Gasteiger charge is 2.40. The van der Waals surface area contributed by atoms with Crippen LogP contribution in [0, 0.1) is 5.41 Å². The van der Waals surface area contributed by atoms with Gasteiger partial charge in [-0.05, 0) is 89.8 Å². The molecule has 168 valence electrons. The summed E-state index contributed by atoms with van der Waals surface area (Å²) in [6, 6.07) is 26.0. The van der Waals surface area contributed by atoms with Gasteiger partial charge in [-0.15, -0.1) is 0 Å². The first-order valence-electron chi connectivity index (χ1n) is 12.4. The molecule has 1 spiro atoms. The van der Waals surface area contributed by atoms with E-state index in [1.165, 1.54) is 71.6 Å². The summed E-state index contributed by atoms with van der Waals surface area (Å²) in [5, 5.41) is 13.6. The topological polar surface area (TPSA) is 35.5 Å². The average Bonchev–Trinajstić information content (AvgIpc) is 3.03. The van der Waals surface area contributed by atoms with Crippen molar-refractivity contribution < 1.29 is 5.11 Å². The smallest absolute Gasteiger partial charge is 0.115 e. The third kappa shape index (κ3) is 3.85. The van der Waals surface area contributed by atoms with Crippen LogP contribution in [0.1, 0.15) is 47.9 Å². The number of allylic oxidation sites excluding steroid dienone is 1. The van der Waals surface area contributed by atoms with Crippen LogP contribution in [0.5, 0.6) is 5.75 Å². The van der Waals surface area contributed by atoms with Crippen LogP contribution in [-0.4, -0.2) is 31.3 Å². The molecule has 33 heavy (non-hydrogen) atoms. The second-order valence-corrected chi connectivity index (χ2v) is 10.1. The molecule has 2 aliphatic heterocycles. The minimum Gasteiger partial charge on any atom is -0.508 e. The van der Waals surface area contributed by atoms with Crippen molar-refractivity contribution in [3.05, 3.63) is 95.1 Å². The highest BCUT2D eigenvalue weighted by atomic mass is 16.3. The van der Waals surface area contributed by atoms with E-state index in [9.17, 15) is 5.11 Å². The van der Waals surface area contributed by atoms with E-state index in [2.05, 4.69) is 70.9 Å². The van der Waals surface area contributed by atoms with Gasteiger partial charge in [0.05, 0.1) is 0 Å². The molecule has 3 nitrogen and oxygen atoms in total. The number of benzene rings is 3. The molecule has 2 fully saturated rings. The standard InChI is InChI=1S/C30H32N2O/c33-26-14-15-28-24(18-26)8-4-9-27(22-6-2-1-3-7-22)29(28)23-10-12-25(13-11-23)32-17-5-16-30(21-32)19-31-20-30/h1-3,6-7,10-15,18,31,33H,4-5,8-9,16-17,19-21H2. The van der Waals surface area contributed by atoms with Crippen molar-refractivity contribution >= 4 is 16.8 Å². The lowest BCUT2D eigenvalue weighted by atomic mass is 9.75. The molecule has 3 aromatic carbocycles. The van der Waals surface area contributed by atoms with Crippen molar-refractivity contribution in [1.82, 2.24) is 5.32 Å². The molecule has 0 atom stereocenters. The highest BCUT2D eigenvalue weighted by Crippen LogP contribution is 2.41. The van der Waals surface area contributed by atoms with Gasteiger partial charge in [-0.3, -0.25) is 0 Å². The largest absolute Gasteiger partial charge is 0.508 e. The summed E-state index contributed by atoms with van der Waals surface area (Å²) >= 11 is 0. The molecule has 6 rings (SSSR count). The van der Waals surface area contributed by atoms with Crippen molar-refractivity contribution in [3.8, 4) is 5.75 Å². The van der Waals surface area contributed by atoms with Crippen LogP contribution >= 0.6 is 0 Å². The normalized spacial score (nSPS) is 19.7. The summed E-state index contributed by atoms with van der Waals surface area (Å²) in [7, 11) is 0. The van der Waals surface area contributed by atoms with E-state index in [-0.39, 0.29) is 0 Å². The minimum absolute atomic E-state index is 0.358. The molecule has 0 unspecified atom stereocenters. The molecule has 3 aliphatic rings. The Kier molecular flexibility index (Phi) is 5.22. The van der Waals surface area contributed by atoms with Crippen molar-refractivity contribution in [3.63, 3.8) is 0 Å². The number of nitrogens with one attached hydrogen (secondary N) is 1. The molecule has 3 aromatic rings. The van der Waals surface area contributed by atoms with Gasteiger partial charge in [-0.2, -0.15) is 0 Å². The molecule has 0 bridgehead atoms. The Morgan fingerprint density at radius 1 is 0.818 bits per heavy atom. The zero-order chi connectivity index (χ0) is 22.3. The van der Waals surface area contributed by atoms with Crippen LogP contribution in [-0.2, 0) is 6.42 Å². The van der Waals surface area contributed by atoms with E-state index in [1.807, 2.05) is 12.1 Å². The lowest BCUT2D eigenvalue weighted by Crippen LogP contribution is -2.61. The predicted octanol–water partition coefficient (Wildman–Crippen LogP) is 5.88. The Balaban J connectivity index is 1.42. The number of phenolic OH excluding ortho intramolecular Hbond substituents is 1. The highest BCUT2D eigenvalue weighted by molar-refractivity contribution is 6.00. The molecule has 1 aliphatic carbocycles. The Morgan fingerprint density at radius 3 is 2.39 bits per heavy atom. The van der Waals surface area contributed by atoms with Crippen molar-refractivity contribution in [1.29, 1.82) is 0 Å². The quantitative estimate of drug-likeness (QED) is 0.538. The monoisotopic (exact) mass is 436 g/mol. The predicted molar refractivity (Wildman–Crippen MR) is 137 cm³/mol. The number of anilines is 1. The lowest BCUT2D eigenvalue weighted by molar-refractivity contribution is 0.138. The van der Waals surface area contributed by atoms with Crippen LogP contribution in [0.3, 0.4) is 0 Å². The number of hydrogen-bond donors (Lipinski definition) is 2. The van der Waals surface area contributed by atoms with Gasteiger partial charge in [-0.1, -0.05) is 48.5 Å². The molecular weight excluding hydrogens is 404 g/mol.